The van der Waals surface area contributed by atoms with Gasteiger partial charge in [-0.05, 0) is 127 Å². The predicted octanol–water partition coefficient (Wildman–Crippen LogP) is 8.63. The van der Waals surface area contributed by atoms with E-state index >= 15 is 0 Å². The monoisotopic (exact) mass is 658 g/mol. The molecule has 0 heterocycles. The molecule has 44 heavy (non-hydrogen) atoms. The van der Waals surface area contributed by atoms with Gasteiger partial charge in [-0.15, -0.1) is 0 Å². The Hall–Kier alpha value is -2.46. The standard InChI is InChI=1S/C35H46O6S3/c1-2-3-24-43-25-4-21-39-32-15-17-33(18-16-32)40-28-37-22-19-29-7-11-34(12-8-29)41-35(36)30-9-13-31(14-10-30)38-20-5-26-44-27-6-23-42/h7-18,42H,2-6,19-28H2,1H3. The molecule has 3 rings (SSSR count). The molecule has 0 aliphatic rings. The topological polar surface area (TPSA) is 63.2 Å². The van der Waals surface area contributed by atoms with Crippen molar-refractivity contribution in [2.75, 3.05) is 55.4 Å². The molecule has 0 unspecified atom stereocenters. The molecule has 0 radical (unpaired) electrons. The summed E-state index contributed by atoms with van der Waals surface area (Å²) < 4.78 is 28.5. The maximum Gasteiger partial charge on any atom is 0.343 e. The quantitative estimate of drug-likeness (QED) is 0.0338. The highest BCUT2D eigenvalue weighted by molar-refractivity contribution is 7.99. The first-order chi connectivity index (χ1) is 21.7. The Balaban J connectivity index is 1.25. The summed E-state index contributed by atoms with van der Waals surface area (Å²) in [6.45, 7) is 4.29. The van der Waals surface area contributed by atoms with Gasteiger partial charge in [-0.25, -0.2) is 4.79 Å². The van der Waals surface area contributed by atoms with Crippen LogP contribution in [0.2, 0.25) is 0 Å². The second-order valence-electron chi connectivity index (χ2n) is 10.0. The summed E-state index contributed by atoms with van der Waals surface area (Å²) in [7, 11) is 0. The second-order valence-corrected chi connectivity index (χ2v) is 12.9. The highest BCUT2D eigenvalue weighted by Gasteiger charge is 2.09. The number of thiol groups is 1. The van der Waals surface area contributed by atoms with Gasteiger partial charge in [0, 0.05) is 0 Å². The molecular formula is C35H46O6S3. The molecule has 0 N–H and O–H groups in total. The van der Waals surface area contributed by atoms with Crippen LogP contribution in [-0.2, 0) is 11.2 Å². The number of rotatable bonds is 24. The molecule has 240 valence electrons. The molecule has 0 saturated carbocycles. The molecule has 3 aromatic rings. The lowest BCUT2D eigenvalue weighted by atomic mass is 10.1. The van der Waals surface area contributed by atoms with Gasteiger partial charge in [0.2, 0.25) is 0 Å². The highest BCUT2D eigenvalue weighted by atomic mass is 32.2. The summed E-state index contributed by atoms with van der Waals surface area (Å²) in [6, 6.07) is 22.2. The lowest BCUT2D eigenvalue weighted by Crippen LogP contribution is -2.09. The third kappa shape index (κ3) is 15.5. The van der Waals surface area contributed by atoms with E-state index in [0.29, 0.717) is 24.5 Å². The molecule has 0 bridgehead atoms. The Bertz CT molecular complexity index is 1160. The number of hydrogen-bond donors (Lipinski definition) is 1. The van der Waals surface area contributed by atoms with Crippen molar-refractivity contribution in [2.45, 2.75) is 45.4 Å². The second kappa shape index (κ2) is 23.0. The molecule has 0 amide bonds. The number of ether oxygens (including phenoxy) is 5. The molecule has 0 aliphatic carbocycles. The first-order valence-electron chi connectivity index (χ1n) is 15.4. The van der Waals surface area contributed by atoms with Gasteiger partial charge in [0.25, 0.3) is 0 Å². The van der Waals surface area contributed by atoms with Crippen molar-refractivity contribution in [1.29, 1.82) is 0 Å². The molecular weight excluding hydrogens is 613 g/mol. The molecule has 0 saturated heterocycles. The van der Waals surface area contributed by atoms with E-state index < -0.39 is 5.97 Å². The van der Waals surface area contributed by atoms with Crippen LogP contribution < -0.4 is 18.9 Å². The molecule has 6 nitrogen and oxygen atoms in total. The summed E-state index contributed by atoms with van der Waals surface area (Å²) in [5.41, 5.74) is 1.56. The van der Waals surface area contributed by atoms with Crippen molar-refractivity contribution in [3.8, 4) is 23.0 Å². The van der Waals surface area contributed by atoms with Crippen LogP contribution in [-0.4, -0.2) is 61.3 Å². The number of hydrogen-bond acceptors (Lipinski definition) is 9. The number of benzene rings is 3. The van der Waals surface area contributed by atoms with E-state index in [-0.39, 0.29) is 6.79 Å². The minimum Gasteiger partial charge on any atom is -0.494 e. The number of thioether (sulfide) groups is 2. The fourth-order valence-electron chi connectivity index (χ4n) is 3.89. The smallest absolute Gasteiger partial charge is 0.343 e. The van der Waals surface area contributed by atoms with Gasteiger partial charge in [0.05, 0.1) is 25.4 Å². The van der Waals surface area contributed by atoms with Crippen LogP contribution in [0, 0.1) is 0 Å². The molecule has 3 aromatic carbocycles. The van der Waals surface area contributed by atoms with Crippen molar-refractivity contribution in [2.24, 2.45) is 0 Å². The largest absolute Gasteiger partial charge is 0.494 e. The van der Waals surface area contributed by atoms with Crippen molar-refractivity contribution < 1.29 is 28.5 Å². The molecule has 9 heteroatoms. The maximum atomic E-state index is 12.6. The molecule has 0 spiro atoms. The lowest BCUT2D eigenvalue weighted by molar-refractivity contribution is 0.0168. The number of carbonyl (C=O) groups excluding carboxylic acids is 1. The number of unbranched alkanes of at least 4 members (excludes halogenated alkanes) is 1. The number of esters is 1. The third-order valence-corrected chi connectivity index (χ3v) is 9.01. The van der Waals surface area contributed by atoms with Gasteiger partial charge < -0.3 is 23.7 Å². The minimum atomic E-state index is -0.401. The van der Waals surface area contributed by atoms with Crippen LogP contribution in [0.5, 0.6) is 23.0 Å². The van der Waals surface area contributed by atoms with E-state index in [1.807, 2.05) is 59.9 Å². The highest BCUT2D eigenvalue weighted by Crippen LogP contribution is 2.19. The first-order valence-corrected chi connectivity index (χ1v) is 18.4. The van der Waals surface area contributed by atoms with E-state index in [0.717, 1.165) is 78.1 Å². The SMILES string of the molecule is CCCCSCCCOc1ccc(OCOCCc2ccc(OC(=O)c3ccc(OCCCSCCCS)cc3)cc2)cc1. The van der Waals surface area contributed by atoms with Crippen LogP contribution in [0.4, 0.5) is 0 Å². The van der Waals surface area contributed by atoms with E-state index in [4.69, 9.17) is 23.7 Å². The minimum absolute atomic E-state index is 0.171. The average molecular weight is 659 g/mol. The summed E-state index contributed by atoms with van der Waals surface area (Å²) in [5.74, 6) is 7.96. The zero-order chi connectivity index (χ0) is 31.1. The Kier molecular flexibility index (Phi) is 18.8. The summed E-state index contributed by atoms with van der Waals surface area (Å²) in [5, 5.41) is 0. The first kappa shape index (κ1) is 36.0. The molecule has 0 atom stereocenters. The zero-order valence-electron chi connectivity index (χ0n) is 25.7. The molecule has 0 aliphatic heterocycles. The van der Waals surface area contributed by atoms with E-state index in [9.17, 15) is 4.79 Å². The lowest BCUT2D eigenvalue weighted by Gasteiger charge is -2.10. The van der Waals surface area contributed by atoms with Crippen molar-refractivity contribution in [3.05, 3.63) is 83.9 Å². The zero-order valence-corrected chi connectivity index (χ0v) is 28.3. The predicted molar refractivity (Wildman–Crippen MR) is 188 cm³/mol. The third-order valence-electron chi connectivity index (χ3n) is 6.38. The van der Waals surface area contributed by atoms with Crippen LogP contribution in [0.1, 0.15) is 54.9 Å². The average Bonchev–Trinajstić information content (AvgIpc) is 3.05. The van der Waals surface area contributed by atoms with Crippen molar-refractivity contribution in [3.63, 3.8) is 0 Å². The van der Waals surface area contributed by atoms with Crippen molar-refractivity contribution in [1.82, 2.24) is 0 Å². The van der Waals surface area contributed by atoms with Crippen LogP contribution >= 0.6 is 36.2 Å². The van der Waals surface area contributed by atoms with Gasteiger partial charge in [-0.1, -0.05) is 25.5 Å². The van der Waals surface area contributed by atoms with E-state index in [2.05, 4.69) is 19.6 Å². The summed E-state index contributed by atoms with van der Waals surface area (Å²) >= 11 is 8.15. The Morgan fingerprint density at radius 3 is 1.75 bits per heavy atom. The summed E-state index contributed by atoms with van der Waals surface area (Å²) in [4.78, 5) is 12.6. The fraction of sp³-hybridized carbons (Fsp3) is 0.457. The Morgan fingerprint density at radius 1 is 0.636 bits per heavy atom. The fourth-order valence-corrected chi connectivity index (χ4v) is 6.15. The van der Waals surface area contributed by atoms with Crippen LogP contribution in [0.3, 0.4) is 0 Å². The molecule has 0 aromatic heterocycles. The van der Waals surface area contributed by atoms with Gasteiger partial charge >= 0.3 is 5.97 Å². The van der Waals surface area contributed by atoms with Gasteiger partial charge in [0.15, 0.2) is 6.79 Å². The molecule has 0 fully saturated rings. The normalized spacial score (nSPS) is 10.9. The summed E-state index contributed by atoms with van der Waals surface area (Å²) in [6.07, 6.45) is 6.43. The number of carbonyl (C=O) groups is 1. The van der Waals surface area contributed by atoms with Gasteiger partial charge in [0.1, 0.15) is 23.0 Å². The van der Waals surface area contributed by atoms with Gasteiger partial charge in [-0.3, -0.25) is 0 Å². The van der Waals surface area contributed by atoms with Crippen LogP contribution in [0.25, 0.3) is 0 Å². The maximum absolute atomic E-state index is 12.6. The van der Waals surface area contributed by atoms with Crippen LogP contribution in [0.15, 0.2) is 72.8 Å². The Morgan fingerprint density at radius 2 is 1.16 bits per heavy atom. The Labute approximate surface area is 277 Å². The van der Waals surface area contributed by atoms with Crippen molar-refractivity contribution >= 4 is 42.1 Å². The van der Waals surface area contributed by atoms with E-state index in [1.165, 1.54) is 18.6 Å². The van der Waals surface area contributed by atoms with Gasteiger partial charge in [-0.2, -0.15) is 36.2 Å². The van der Waals surface area contributed by atoms with E-state index in [1.54, 1.807) is 36.4 Å².